The molecule has 0 aromatic heterocycles. The summed E-state index contributed by atoms with van der Waals surface area (Å²) in [5.74, 6) is -0.748. The van der Waals surface area contributed by atoms with E-state index in [1.807, 2.05) is 0 Å². The summed E-state index contributed by atoms with van der Waals surface area (Å²) in [6.07, 6.45) is 16.0. The third-order valence-corrected chi connectivity index (χ3v) is 4.45. The number of esters is 1. The van der Waals surface area contributed by atoms with Crippen molar-refractivity contribution in [2.24, 2.45) is 0 Å². The van der Waals surface area contributed by atoms with E-state index in [2.05, 4.69) is 16.4 Å². The summed E-state index contributed by atoms with van der Waals surface area (Å²) in [6, 6.07) is 0. The topological polar surface area (TPSA) is 38.8 Å². The minimum Gasteiger partial charge on any atom is -0.463 e. The van der Waals surface area contributed by atoms with Gasteiger partial charge in [0.05, 0.1) is 13.4 Å². The van der Waals surface area contributed by atoms with E-state index in [1.54, 1.807) is 0 Å². The smallest absolute Gasteiger partial charge is 0.305 e. The molecule has 1 aliphatic rings. The molecule has 0 spiro atoms. The van der Waals surface area contributed by atoms with Gasteiger partial charge >= 0.3 is 5.97 Å². The molecule has 0 radical (unpaired) electrons. The van der Waals surface area contributed by atoms with Crippen molar-refractivity contribution >= 4 is 5.97 Å². The molecule has 0 saturated carbocycles. The number of carbonyl (C=O) groups is 1. The first-order valence-corrected chi connectivity index (χ1v) is 10.1. The van der Waals surface area contributed by atoms with Gasteiger partial charge < -0.3 is 9.47 Å². The lowest BCUT2D eigenvalue weighted by atomic mass is 10.0. The Morgan fingerprint density at radius 3 is 1.79 bits per heavy atom. The van der Waals surface area contributed by atoms with Crippen LogP contribution in [0.1, 0.15) is 117 Å². The highest BCUT2D eigenvalue weighted by Crippen LogP contribution is 2.14. The molecule has 142 valence electrons. The van der Waals surface area contributed by atoms with E-state index in [9.17, 15) is 4.79 Å². The fraction of sp³-hybridized carbons (Fsp3) is 0.952. The summed E-state index contributed by atoms with van der Waals surface area (Å²) in [4.78, 5) is 11.8. The Morgan fingerprint density at radius 2 is 1.38 bits per heavy atom. The minimum absolute atomic E-state index is 0.0802. The van der Waals surface area contributed by atoms with Crippen molar-refractivity contribution in [1.82, 2.24) is 0 Å². The summed E-state index contributed by atoms with van der Waals surface area (Å²) in [5.41, 5.74) is 0. The molecular formula is C21H40O3. The minimum atomic E-state index is -2.79. The molecule has 0 aromatic rings. The SMILES string of the molecule is [2H]C([2H])(OC(=O)CCCCCCCCCCCCCCCCC)C1([2H])OC1([2H])[2H]. The van der Waals surface area contributed by atoms with E-state index < -0.39 is 25.2 Å². The molecule has 0 aromatic carbocycles. The standard InChI is InChI=1S/C21H40O3/c1-2-3-4-5-6-7-8-9-10-11-12-13-14-15-16-17-21(22)24-19-20-18-23-20/h20H,2-19H2,1H3/i18D2,19D2,20D. The van der Waals surface area contributed by atoms with Gasteiger partial charge in [-0.15, -0.1) is 0 Å². The molecule has 1 saturated heterocycles. The van der Waals surface area contributed by atoms with Crippen LogP contribution in [0, 0.1) is 0 Å². The van der Waals surface area contributed by atoms with Crippen LogP contribution in [0.3, 0.4) is 0 Å². The van der Waals surface area contributed by atoms with Gasteiger partial charge in [0.25, 0.3) is 0 Å². The Morgan fingerprint density at radius 1 is 0.958 bits per heavy atom. The third kappa shape index (κ3) is 15.0. The van der Waals surface area contributed by atoms with Gasteiger partial charge in [-0.3, -0.25) is 4.79 Å². The number of hydrogen-bond donors (Lipinski definition) is 0. The molecule has 3 heteroatoms. The lowest BCUT2D eigenvalue weighted by Gasteiger charge is -2.04. The molecule has 0 aliphatic carbocycles. The maximum absolute atomic E-state index is 11.8. The second kappa shape index (κ2) is 15.9. The number of hydrogen-bond acceptors (Lipinski definition) is 3. The predicted molar refractivity (Wildman–Crippen MR) is 100 cm³/mol. The first-order valence-electron chi connectivity index (χ1n) is 12.6. The predicted octanol–water partition coefficient (Wildman–Crippen LogP) is 6.19. The summed E-state index contributed by atoms with van der Waals surface area (Å²) in [6.45, 7) is -2.97. The molecule has 0 amide bonds. The average molecular weight is 346 g/mol. The fourth-order valence-electron chi connectivity index (χ4n) is 2.86. The van der Waals surface area contributed by atoms with Crippen LogP contribution in [0.15, 0.2) is 0 Å². The van der Waals surface area contributed by atoms with Crippen molar-refractivity contribution in [3.05, 3.63) is 0 Å². The first-order chi connectivity index (χ1) is 13.7. The summed E-state index contributed by atoms with van der Waals surface area (Å²) in [7, 11) is 0. The Balaban J connectivity index is 1.89. The summed E-state index contributed by atoms with van der Waals surface area (Å²) in [5, 5.41) is 0. The van der Waals surface area contributed by atoms with Gasteiger partial charge in [-0.05, 0) is 6.42 Å². The van der Waals surface area contributed by atoms with Crippen LogP contribution >= 0.6 is 0 Å². The average Bonchev–Trinajstić information content (AvgIpc) is 3.18. The number of ether oxygens (including phenoxy) is 2. The van der Waals surface area contributed by atoms with Gasteiger partial charge in [0.15, 0.2) is 0 Å². The Labute approximate surface area is 156 Å². The van der Waals surface area contributed by atoms with E-state index in [-0.39, 0.29) is 6.42 Å². The lowest BCUT2D eigenvalue weighted by molar-refractivity contribution is -0.144. The van der Waals surface area contributed by atoms with Crippen LogP contribution in [0.5, 0.6) is 0 Å². The van der Waals surface area contributed by atoms with E-state index in [4.69, 9.17) is 6.85 Å². The van der Waals surface area contributed by atoms with Crippen LogP contribution in [0.25, 0.3) is 0 Å². The Bertz CT molecular complexity index is 473. The largest absolute Gasteiger partial charge is 0.463 e. The molecule has 1 fully saturated rings. The normalized spacial score (nSPS) is 25.1. The van der Waals surface area contributed by atoms with Gasteiger partial charge in [-0.2, -0.15) is 0 Å². The quantitative estimate of drug-likeness (QED) is 0.169. The molecule has 1 atom stereocenters. The highest BCUT2D eigenvalue weighted by molar-refractivity contribution is 5.69. The van der Waals surface area contributed by atoms with Gasteiger partial charge in [0, 0.05) is 6.42 Å². The van der Waals surface area contributed by atoms with Crippen molar-refractivity contribution < 1.29 is 21.1 Å². The molecule has 1 unspecified atom stereocenters. The zero-order valence-electron chi connectivity index (χ0n) is 20.5. The van der Waals surface area contributed by atoms with Crippen LogP contribution in [-0.2, 0) is 14.3 Å². The first kappa shape index (κ1) is 14.6. The zero-order chi connectivity index (χ0) is 21.8. The summed E-state index contributed by atoms with van der Waals surface area (Å²) >= 11 is 0. The third-order valence-electron chi connectivity index (χ3n) is 4.45. The van der Waals surface area contributed by atoms with Crippen LogP contribution < -0.4 is 0 Å². The number of carbonyl (C=O) groups excluding carboxylic acids is 1. The van der Waals surface area contributed by atoms with Crippen molar-refractivity contribution in [1.29, 1.82) is 0 Å². The Kier molecular flexibility index (Phi) is 9.68. The van der Waals surface area contributed by atoms with Crippen molar-refractivity contribution in [3.8, 4) is 0 Å². The van der Waals surface area contributed by atoms with E-state index in [0.717, 1.165) is 19.3 Å². The van der Waals surface area contributed by atoms with Crippen molar-refractivity contribution in [2.45, 2.75) is 116 Å². The molecule has 1 heterocycles. The van der Waals surface area contributed by atoms with Crippen molar-refractivity contribution in [2.75, 3.05) is 13.1 Å². The van der Waals surface area contributed by atoms with Gasteiger partial charge in [0.1, 0.15) is 12.6 Å². The number of unbranched alkanes of at least 4 members (excludes halogenated alkanes) is 14. The van der Waals surface area contributed by atoms with Crippen LogP contribution in [-0.4, -0.2) is 25.2 Å². The fourth-order valence-corrected chi connectivity index (χ4v) is 2.86. The lowest BCUT2D eigenvalue weighted by Crippen LogP contribution is -2.09. The highest BCUT2D eigenvalue weighted by Gasteiger charge is 2.23. The maximum Gasteiger partial charge on any atom is 0.305 e. The molecule has 1 rings (SSSR count). The second-order valence-corrected chi connectivity index (χ2v) is 6.81. The molecule has 24 heavy (non-hydrogen) atoms. The highest BCUT2D eigenvalue weighted by atomic mass is 16.6. The van der Waals surface area contributed by atoms with Gasteiger partial charge in [0.2, 0.25) is 0 Å². The maximum atomic E-state index is 11.8. The molecule has 0 bridgehead atoms. The molecule has 1 aliphatic heterocycles. The Hall–Kier alpha value is -0.570. The van der Waals surface area contributed by atoms with Gasteiger partial charge in [-0.1, -0.05) is 96.8 Å². The summed E-state index contributed by atoms with van der Waals surface area (Å²) < 4.78 is 46.4. The molecule has 3 nitrogen and oxygen atoms in total. The van der Waals surface area contributed by atoms with E-state index >= 15 is 0 Å². The number of rotatable bonds is 18. The monoisotopic (exact) mass is 345 g/mol. The molecule has 0 N–H and O–H groups in total. The van der Waals surface area contributed by atoms with Crippen LogP contribution in [0.2, 0.25) is 0 Å². The van der Waals surface area contributed by atoms with E-state index in [1.165, 1.54) is 70.6 Å². The van der Waals surface area contributed by atoms with Gasteiger partial charge in [-0.25, -0.2) is 0 Å². The van der Waals surface area contributed by atoms with Crippen LogP contribution in [0.4, 0.5) is 0 Å². The number of epoxide rings is 1. The van der Waals surface area contributed by atoms with Crippen molar-refractivity contribution in [3.63, 3.8) is 0 Å². The zero-order valence-corrected chi connectivity index (χ0v) is 15.5. The second-order valence-electron chi connectivity index (χ2n) is 6.81. The van der Waals surface area contributed by atoms with E-state index in [0.29, 0.717) is 6.42 Å². The molecular weight excluding hydrogens is 300 g/mol.